The minimum Gasteiger partial charge on any atom is -0.300 e. The van der Waals surface area contributed by atoms with Crippen molar-refractivity contribution in [2.75, 3.05) is 6.54 Å². The molecule has 1 saturated heterocycles. The second kappa shape index (κ2) is 1.89. The first kappa shape index (κ1) is 5.20. The molecule has 0 aromatic carbocycles. The van der Waals surface area contributed by atoms with Crippen LogP contribution >= 0.6 is 0 Å². The Bertz CT molecular complexity index is 112. The van der Waals surface area contributed by atoms with E-state index in [2.05, 4.69) is 16.4 Å². The van der Waals surface area contributed by atoms with Crippen molar-refractivity contribution in [3.8, 4) is 0 Å². The van der Waals surface area contributed by atoms with Crippen LogP contribution in [0.25, 0.3) is 0 Å². The fraction of sp³-hybridized carbons (Fsp3) is 0.333. The molecule has 0 unspecified atom stereocenters. The smallest absolute Gasteiger partial charge is 0.156 e. The van der Waals surface area contributed by atoms with E-state index in [4.69, 9.17) is 10.8 Å². The Hall–Kier alpha value is -0.940. The van der Waals surface area contributed by atoms with Gasteiger partial charge in [0.1, 0.15) is 0 Å². The van der Waals surface area contributed by atoms with Gasteiger partial charge in [-0.15, -0.1) is 0 Å². The van der Waals surface area contributed by atoms with Crippen molar-refractivity contribution >= 4 is 11.5 Å². The second-order valence-electron chi connectivity index (χ2n) is 1.46. The van der Waals surface area contributed by atoms with E-state index < -0.39 is 0 Å². The summed E-state index contributed by atoms with van der Waals surface area (Å²) in [5.41, 5.74) is 7.83. The minimum atomic E-state index is 0.128. The minimum absolute atomic E-state index is 0.128. The van der Waals surface area contributed by atoms with Crippen LogP contribution in [0.15, 0.2) is 0 Å². The molecule has 8 heavy (non-hydrogen) atoms. The third kappa shape index (κ3) is 0.824. The summed E-state index contributed by atoms with van der Waals surface area (Å²) in [5, 5.41) is 14.0. The van der Waals surface area contributed by atoms with Gasteiger partial charge in [-0.2, -0.15) is 5.53 Å². The molecule has 1 aliphatic rings. The lowest BCUT2D eigenvalue weighted by Gasteiger charge is -2.16. The van der Waals surface area contributed by atoms with Crippen molar-refractivity contribution in [3.63, 3.8) is 0 Å². The summed E-state index contributed by atoms with van der Waals surface area (Å²) in [6.45, 7) is 0.409. The Balaban J connectivity index is 2.52. The van der Waals surface area contributed by atoms with Gasteiger partial charge in [0.15, 0.2) is 5.84 Å². The van der Waals surface area contributed by atoms with E-state index in [9.17, 15) is 0 Å². The molecule has 1 fully saturated rings. The highest BCUT2D eigenvalue weighted by molar-refractivity contribution is 6.39. The van der Waals surface area contributed by atoms with E-state index in [1.165, 1.54) is 0 Å². The van der Waals surface area contributed by atoms with Crippen LogP contribution in [0, 0.1) is 10.8 Å². The Labute approximate surface area is 46.4 Å². The van der Waals surface area contributed by atoms with Gasteiger partial charge >= 0.3 is 0 Å². The summed E-state index contributed by atoms with van der Waals surface area (Å²) in [6, 6.07) is 0. The van der Waals surface area contributed by atoms with Gasteiger partial charge in [-0.3, -0.25) is 10.8 Å². The van der Waals surface area contributed by atoms with Crippen molar-refractivity contribution in [3.05, 3.63) is 0 Å². The molecule has 5 N–H and O–H groups in total. The van der Waals surface area contributed by atoms with Crippen LogP contribution in [0.3, 0.4) is 0 Å². The first-order chi connectivity index (χ1) is 3.80. The van der Waals surface area contributed by atoms with E-state index in [1.807, 2.05) is 0 Å². The monoisotopic (exact) mass is 113 g/mol. The van der Waals surface area contributed by atoms with Gasteiger partial charge in [-0.25, -0.2) is 5.43 Å². The first-order valence-corrected chi connectivity index (χ1v) is 2.21. The summed E-state index contributed by atoms with van der Waals surface area (Å²) in [7, 11) is 0. The molecular weight excluding hydrogens is 106 g/mol. The molecule has 0 amide bonds. The lowest BCUT2D eigenvalue weighted by atomic mass is 10.3. The van der Waals surface area contributed by atoms with Crippen LogP contribution in [0.1, 0.15) is 0 Å². The molecular formula is C3H7N5. The van der Waals surface area contributed by atoms with Gasteiger partial charge in [-0.1, -0.05) is 0 Å². The predicted molar refractivity (Wildman–Crippen MR) is 29.7 cm³/mol. The molecule has 0 bridgehead atoms. The van der Waals surface area contributed by atoms with Crippen molar-refractivity contribution in [1.82, 2.24) is 16.4 Å². The zero-order chi connectivity index (χ0) is 5.98. The van der Waals surface area contributed by atoms with Gasteiger partial charge in [0.05, 0.1) is 12.3 Å². The summed E-state index contributed by atoms with van der Waals surface area (Å²) in [4.78, 5) is 0. The fourth-order valence-corrected chi connectivity index (χ4v) is 0.403. The van der Waals surface area contributed by atoms with E-state index >= 15 is 0 Å². The molecule has 0 aromatic rings. The quantitative estimate of drug-likeness (QED) is 0.268. The van der Waals surface area contributed by atoms with Crippen LogP contribution in [0.4, 0.5) is 0 Å². The Morgan fingerprint density at radius 3 is 2.50 bits per heavy atom. The van der Waals surface area contributed by atoms with Crippen LogP contribution in [0.5, 0.6) is 0 Å². The third-order valence-electron chi connectivity index (χ3n) is 0.843. The van der Waals surface area contributed by atoms with E-state index in [1.54, 1.807) is 0 Å². The maximum Gasteiger partial charge on any atom is 0.156 e. The Kier molecular flexibility index (Phi) is 1.23. The summed E-state index contributed by atoms with van der Waals surface area (Å²) in [5.74, 6) is 0.128. The van der Waals surface area contributed by atoms with Gasteiger partial charge in [0.25, 0.3) is 0 Å². The van der Waals surface area contributed by atoms with Crippen LogP contribution < -0.4 is 16.4 Å². The topological polar surface area (TPSA) is 83.8 Å². The molecule has 0 spiro atoms. The van der Waals surface area contributed by atoms with Crippen molar-refractivity contribution in [1.29, 1.82) is 10.8 Å². The SMILES string of the molecule is N=C1CNNNC1=N. The molecule has 1 rings (SSSR count). The van der Waals surface area contributed by atoms with Crippen LogP contribution in [0.2, 0.25) is 0 Å². The van der Waals surface area contributed by atoms with Crippen LogP contribution in [-0.2, 0) is 0 Å². The zero-order valence-electron chi connectivity index (χ0n) is 4.21. The summed E-state index contributed by atoms with van der Waals surface area (Å²) in [6.07, 6.45) is 0. The molecule has 1 aliphatic heterocycles. The van der Waals surface area contributed by atoms with Crippen molar-refractivity contribution in [2.45, 2.75) is 0 Å². The first-order valence-electron chi connectivity index (χ1n) is 2.21. The molecule has 44 valence electrons. The van der Waals surface area contributed by atoms with E-state index in [-0.39, 0.29) is 11.5 Å². The zero-order valence-corrected chi connectivity index (χ0v) is 4.21. The number of nitrogens with one attached hydrogen (secondary N) is 5. The molecule has 0 atom stereocenters. The lowest BCUT2D eigenvalue weighted by molar-refractivity contribution is 0.528. The van der Waals surface area contributed by atoms with Gasteiger partial charge < -0.3 is 5.41 Å². The third-order valence-corrected chi connectivity index (χ3v) is 0.843. The largest absolute Gasteiger partial charge is 0.300 e. The molecule has 0 aliphatic carbocycles. The summed E-state index contributed by atoms with van der Waals surface area (Å²) < 4.78 is 0. The molecule has 5 heteroatoms. The highest BCUT2D eigenvalue weighted by Gasteiger charge is 2.07. The number of rotatable bonds is 0. The fourth-order valence-electron chi connectivity index (χ4n) is 0.403. The van der Waals surface area contributed by atoms with E-state index in [0.29, 0.717) is 6.54 Å². The average molecular weight is 113 g/mol. The lowest BCUT2D eigenvalue weighted by Crippen LogP contribution is -2.57. The number of amidine groups is 1. The average Bonchev–Trinajstić information content (AvgIpc) is 1.77. The van der Waals surface area contributed by atoms with Gasteiger partial charge in [-0.05, 0) is 0 Å². The molecule has 0 aromatic heterocycles. The highest BCUT2D eigenvalue weighted by atomic mass is 15.6. The van der Waals surface area contributed by atoms with Crippen molar-refractivity contribution < 1.29 is 0 Å². The number of hydrogen-bond acceptors (Lipinski definition) is 4. The molecule has 1 heterocycles. The maximum atomic E-state index is 7.01. The molecule has 5 nitrogen and oxygen atoms in total. The Morgan fingerprint density at radius 1 is 1.38 bits per heavy atom. The van der Waals surface area contributed by atoms with Crippen molar-refractivity contribution in [2.24, 2.45) is 0 Å². The summed E-state index contributed by atoms with van der Waals surface area (Å²) >= 11 is 0. The van der Waals surface area contributed by atoms with E-state index in [0.717, 1.165) is 0 Å². The number of hydrogen-bond donors (Lipinski definition) is 5. The highest BCUT2D eigenvalue weighted by Crippen LogP contribution is 1.73. The van der Waals surface area contributed by atoms with Gasteiger partial charge in [0, 0.05) is 0 Å². The standard InChI is InChI=1S/C3H7N5/c4-2-1-6-8-7-3(2)5/h4,6,8H,1H2,(H2,5,7). The predicted octanol–water partition coefficient (Wildman–Crippen LogP) is -1.40. The molecule has 0 radical (unpaired) electrons. The van der Waals surface area contributed by atoms with Crippen LogP contribution in [-0.4, -0.2) is 18.1 Å². The Morgan fingerprint density at radius 2 is 2.12 bits per heavy atom. The maximum absolute atomic E-state index is 7.01. The second-order valence-corrected chi connectivity index (χ2v) is 1.46. The van der Waals surface area contributed by atoms with Gasteiger partial charge in [0.2, 0.25) is 0 Å². The number of hydrazine groups is 2. The normalized spacial score (nSPS) is 20.5. The molecule has 0 saturated carbocycles.